The molecule has 5 heteroatoms. The molecule has 0 radical (unpaired) electrons. The van der Waals surface area contributed by atoms with Crippen LogP contribution in [0.4, 0.5) is 0 Å². The number of carbonyl (C=O) groups is 2. The Morgan fingerprint density at radius 1 is 1.11 bits per heavy atom. The Hall–Kier alpha value is -2.27. The van der Waals surface area contributed by atoms with Crippen molar-refractivity contribution in [3.8, 4) is 0 Å². The van der Waals surface area contributed by atoms with Gasteiger partial charge in [-0.15, -0.1) is 11.8 Å². The predicted octanol–water partition coefficient (Wildman–Crippen LogP) is 3.46. The lowest BCUT2D eigenvalue weighted by molar-refractivity contribution is -0.135. The van der Waals surface area contributed by atoms with Crippen molar-refractivity contribution in [2.75, 3.05) is 26.4 Å². The molecule has 1 unspecified atom stereocenters. The van der Waals surface area contributed by atoms with Gasteiger partial charge in [-0.1, -0.05) is 42.5 Å². The molecule has 3 rings (SSSR count). The molecule has 1 heterocycles. The van der Waals surface area contributed by atoms with Gasteiger partial charge in [0.25, 0.3) is 0 Å². The highest BCUT2D eigenvalue weighted by molar-refractivity contribution is 7.98. The molecule has 0 spiro atoms. The van der Waals surface area contributed by atoms with Gasteiger partial charge in [-0.2, -0.15) is 0 Å². The van der Waals surface area contributed by atoms with Crippen LogP contribution in [-0.4, -0.2) is 48.0 Å². The van der Waals surface area contributed by atoms with E-state index in [0.29, 0.717) is 26.1 Å². The standard InChI is InChI=1S/C22H26N2O2S/c1-23(15-18-8-10-20(27-2)11-9-18)22(26)19-14-21(25)24(16-19)13-12-17-6-4-3-5-7-17/h3-11,19H,12-16H2,1-2H3. The molecule has 0 aromatic heterocycles. The Bertz CT molecular complexity index is 777. The molecule has 1 aliphatic heterocycles. The first-order chi connectivity index (χ1) is 13.1. The van der Waals surface area contributed by atoms with Crippen molar-refractivity contribution in [2.24, 2.45) is 5.92 Å². The lowest BCUT2D eigenvalue weighted by atomic mass is 10.1. The second-order valence-corrected chi connectivity index (χ2v) is 7.90. The summed E-state index contributed by atoms with van der Waals surface area (Å²) in [5, 5.41) is 0. The van der Waals surface area contributed by atoms with Crippen LogP contribution in [0.25, 0.3) is 0 Å². The highest BCUT2D eigenvalue weighted by Crippen LogP contribution is 2.22. The fraction of sp³-hybridized carbons (Fsp3) is 0.364. The lowest BCUT2D eigenvalue weighted by Crippen LogP contribution is -2.34. The number of likely N-dealkylation sites (tertiary alicyclic amines) is 1. The lowest BCUT2D eigenvalue weighted by Gasteiger charge is -2.21. The van der Waals surface area contributed by atoms with Crippen molar-refractivity contribution >= 4 is 23.6 Å². The number of amides is 2. The van der Waals surface area contributed by atoms with E-state index in [1.165, 1.54) is 10.5 Å². The SMILES string of the molecule is CSc1ccc(CN(C)C(=O)C2CC(=O)N(CCc3ccccc3)C2)cc1. The van der Waals surface area contributed by atoms with Crippen molar-refractivity contribution in [1.82, 2.24) is 9.80 Å². The van der Waals surface area contributed by atoms with Crippen LogP contribution in [0.3, 0.4) is 0 Å². The summed E-state index contributed by atoms with van der Waals surface area (Å²) in [7, 11) is 1.82. The van der Waals surface area contributed by atoms with Gasteiger partial charge in [-0.05, 0) is 35.9 Å². The Morgan fingerprint density at radius 3 is 2.48 bits per heavy atom. The predicted molar refractivity (Wildman–Crippen MR) is 110 cm³/mol. The van der Waals surface area contributed by atoms with Crippen molar-refractivity contribution in [3.05, 3.63) is 65.7 Å². The second kappa shape index (κ2) is 9.09. The summed E-state index contributed by atoms with van der Waals surface area (Å²) in [5.41, 5.74) is 2.32. The van der Waals surface area contributed by atoms with Gasteiger partial charge in [0.1, 0.15) is 0 Å². The summed E-state index contributed by atoms with van der Waals surface area (Å²) >= 11 is 1.70. The minimum absolute atomic E-state index is 0.0551. The fourth-order valence-corrected chi connectivity index (χ4v) is 3.87. The fourth-order valence-electron chi connectivity index (χ4n) is 3.46. The quantitative estimate of drug-likeness (QED) is 0.689. The van der Waals surface area contributed by atoms with E-state index < -0.39 is 0 Å². The van der Waals surface area contributed by atoms with E-state index >= 15 is 0 Å². The molecule has 27 heavy (non-hydrogen) atoms. The van der Waals surface area contributed by atoms with E-state index in [2.05, 4.69) is 36.4 Å². The monoisotopic (exact) mass is 382 g/mol. The third kappa shape index (κ3) is 5.13. The average molecular weight is 383 g/mol. The summed E-state index contributed by atoms with van der Waals surface area (Å²) < 4.78 is 0. The van der Waals surface area contributed by atoms with E-state index in [0.717, 1.165) is 12.0 Å². The summed E-state index contributed by atoms with van der Waals surface area (Å²) in [6.45, 7) is 1.77. The molecular weight excluding hydrogens is 356 g/mol. The van der Waals surface area contributed by atoms with Crippen LogP contribution in [0.2, 0.25) is 0 Å². The number of nitrogens with zero attached hydrogens (tertiary/aromatic N) is 2. The van der Waals surface area contributed by atoms with Crippen LogP contribution < -0.4 is 0 Å². The molecule has 1 atom stereocenters. The minimum atomic E-state index is -0.233. The first-order valence-corrected chi connectivity index (χ1v) is 10.5. The summed E-state index contributed by atoms with van der Waals surface area (Å²) in [6.07, 6.45) is 3.19. The van der Waals surface area contributed by atoms with E-state index in [9.17, 15) is 9.59 Å². The molecule has 0 aliphatic carbocycles. The normalized spacial score (nSPS) is 16.6. The molecule has 0 saturated carbocycles. The van der Waals surface area contributed by atoms with Gasteiger partial charge < -0.3 is 9.80 Å². The maximum absolute atomic E-state index is 12.8. The van der Waals surface area contributed by atoms with Crippen molar-refractivity contribution in [2.45, 2.75) is 24.3 Å². The maximum Gasteiger partial charge on any atom is 0.228 e. The summed E-state index contributed by atoms with van der Waals surface area (Å²) in [6, 6.07) is 18.4. The Labute approximate surface area is 165 Å². The average Bonchev–Trinajstić information content (AvgIpc) is 3.07. The molecule has 0 bridgehead atoms. The van der Waals surface area contributed by atoms with Gasteiger partial charge in [-0.25, -0.2) is 0 Å². The molecule has 4 nitrogen and oxygen atoms in total. The van der Waals surface area contributed by atoms with Crippen LogP contribution in [0, 0.1) is 5.92 Å². The zero-order chi connectivity index (χ0) is 19.2. The first kappa shape index (κ1) is 19.5. The van der Waals surface area contributed by atoms with Crippen LogP contribution in [0.5, 0.6) is 0 Å². The number of hydrogen-bond donors (Lipinski definition) is 0. The van der Waals surface area contributed by atoms with Gasteiger partial charge >= 0.3 is 0 Å². The molecule has 1 aliphatic rings. The van der Waals surface area contributed by atoms with Gasteiger partial charge in [0, 0.05) is 38.0 Å². The zero-order valence-electron chi connectivity index (χ0n) is 15.9. The summed E-state index contributed by atoms with van der Waals surface area (Å²) in [4.78, 5) is 29.9. The topological polar surface area (TPSA) is 40.6 Å². The molecular formula is C22H26N2O2S. The third-order valence-electron chi connectivity index (χ3n) is 5.03. The Balaban J connectivity index is 1.52. The molecule has 1 saturated heterocycles. The van der Waals surface area contributed by atoms with Crippen LogP contribution in [0.1, 0.15) is 17.5 Å². The van der Waals surface area contributed by atoms with Crippen molar-refractivity contribution in [3.63, 3.8) is 0 Å². The molecule has 2 amide bonds. The minimum Gasteiger partial charge on any atom is -0.342 e. The molecule has 1 fully saturated rings. The first-order valence-electron chi connectivity index (χ1n) is 9.26. The molecule has 2 aromatic carbocycles. The van der Waals surface area contributed by atoms with E-state index in [4.69, 9.17) is 0 Å². The number of hydrogen-bond acceptors (Lipinski definition) is 3. The summed E-state index contributed by atoms with van der Waals surface area (Å²) in [5.74, 6) is -0.0924. The van der Waals surface area contributed by atoms with Crippen LogP contribution in [0.15, 0.2) is 59.5 Å². The van der Waals surface area contributed by atoms with Gasteiger partial charge in [-0.3, -0.25) is 9.59 Å². The molecule has 2 aromatic rings. The van der Waals surface area contributed by atoms with E-state index in [1.807, 2.05) is 36.4 Å². The van der Waals surface area contributed by atoms with E-state index in [-0.39, 0.29) is 17.7 Å². The smallest absolute Gasteiger partial charge is 0.228 e. The highest BCUT2D eigenvalue weighted by atomic mass is 32.2. The van der Waals surface area contributed by atoms with Gasteiger partial charge in [0.05, 0.1) is 5.92 Å². The van der Waals surface area contributed by atoms with E-state index in [1.54, 1.807) is 16.7 Å². The molecule has 142 valence electrons. The highest BCUT2D eigenvalue weighted by Gasteiger charge is 2.35. The largest absolute Gasteiger partial charge is 0.342 e. The van der Waals surface area contributed by atoms with Gasteiger partial charge in [0.15, 0.2) is 0 Å². The number of rotatable bonds is 7. The molecule has 0 N–H and O–H groups in total. The van der Waals surface area contributed by atoms with Crippen molar-refractivity contribution in [1.29, 1.82) is 0 Å². The second-order valence-electron chi connectivity index (χ2n) is 7.02. The van der Waals surface area contributed by atoms with Crippen molar-refractivity contribution < 1.29 is 9.59 Å². The Morgan fingerprint density at radius 2 is 1.81 bits per heavy atom. The number of carbonyl (C=O) groups excluding carboxylic acids is 2. The third-order valence-corrected chi connectivity index (χ3v) is 5.78. The van der Waals surface area contributed by atoms with Crippen LogP contribution in [-0.2, 0) is 22.6 Å². The Kier molecular flexibility index (Phi) is 6.56. The number of thioether (sulfide) groups is 1. The zero-order valence-corrected chi connectivity index (χ0v) is 16.7. The maximum atomic E-state index is 12.8. The van der Waals surface area contributed by atoms with Crippen LogP contribution >= 0.6 is 11.8 Å². The van der Waals surface area contributed by atoms with Gasteiger partial charge in [0.2, 0.25) is 11.8 Å². The number of benzene rings is 2.